The Morgan fingerprint density at radius 1 is 0.389 bits per heavy atom. The minimum atomic E-state index is -5.39. The molecule has 12 nitrogen and oxygen atoms in total. The Kier molecular flexibility index (Phi) is 37.6. The van der Waals surface area contributed by atoms with Gasteiger partial charge in [0.1, 0.15) is 0 Å². The van der Waals surface area contributed by atoms with E-state index >= 15 is 0 Å². The minimum absolute atomic E-state index is 0. The molecule has 0 aliphatic carbocycles. The van der Waals surface area contributed by atoms with Gasteiger partial charge in [-0.3, -0.25) is 0 Å². The summed E-state index contributed by atoms with van der Waals surface area (Å²) in [5, 5.41) is 0. The normalized spacial score (nSPS) is 9.83. The third kappa shape index (κ3) is 399. The molecule has 0 amide bonds. The van der Waals surface area contributed by atoms with Crippen LogP contribution in [0.2, 0.25) is 0 Å². The van der Waals surface area contributed by atoms with Crippen molar-refractivity contribution in [2.24, 2.45) is 0 Å². The Hall–Kier alpha value is 4.38. The van der Waals surface area contributed by atoms with E-state index in [0.717, 1.165) is 0 Å². The molecule has 0 aromatic rings. The molecule has 18 heavy (non-hydrogen) atoms. The largest absolute Gasteiger partial charge is 3.00 e. The van der Waals surface area contributed by atoms with E-state index in [1.54, 1.807) is 0 Å². The van der Waals surface area contributed by atoms with E-state index in [1.165, 1.54) is 0 Å². The van der Waals surface area contributed by atoms with Crippen LogP contribution >= 0.6 is 23.5 Å². The molecular weight excluding hydrogens is 718 g/mol. The van der Waals surface area contributed by atoms with Crippen LogP contribution < -0.4 is 44.0 Å². The van der Waals surface area contributed by atoms with Crippen LogP contribution in [0, 0.1) is 123 Å². The summed E-state index contributed by atoms with van der Waals surface area (Å²) in [6, 6.07) is 0. The van der Waals surface area contributed by atoms with Gasteiger partial charge in [0.2, 0.25) is 0 Å². The second-order valence-electron chi connectivity index (χ2n) is 1.34. The zero-order valence-corrected chi connectivity index (χ0v) is 20.0. The molecule has 18 heteroatoms. The van der Waals surface area contributed by atoms with Crippen molar-refractivity contribution in [3.63, 3.8) is 0 Å². The molecular formula is Nd3O12P3. The summed E-state index contributed by atoms with van der Waals surface area (Å²) in [5.74, 6) is 0. The zero-order chi connectivity index (χ0) is 13.5. The molecule has 0 N–H and O–H groups in total. The van der Waals surface area contributed by atoms with Gasteiger partial charge in [0.05, 0.1) is 0 Å². The van der Waals surface area contributed by atoms with Gasteiger partial charge in [-0.1, -0.05) is 0 Å². The average Bonchev–Trinajstić information content (AvgIpc) is 1.41. The molecule has 0 saturated carbocycles. The Balaban J connectivity index is -0.0000000277. The van der Waals surface area contributed by atoms with Crippen molar-refractivity contribution in [1.29, 1.82) is 0 Å². The van der Waals surface area contributed by atoms with Crippen molar-refractivity contribution in [3.05, 3.63) is 0 Å². The summed E-state index contributed by atoms with van der Waals surface area (Å²) >= 11 is 0. The Bertz CT molecular complexity index is 209. The standard InChI is InChI=1S/3Nd.3H3O4P/c;;;3*1-5(2,3)4/h;;;3*(H3,1,2,3,4)/q3*+3;;;/p-9. The molecule has 0 aliphatic rings. The molecule has 0 aliphatic heterocycles. The van der Waals surface area contributed by atoms with Crippen LogP contribution in [0.4, 0.5) is 0 Å². The fourth-order valence-electron chi connectivity index (χ4n) is 0. The third-order valence-electron chi connectivity index (χ3n) is 0. The maximum atomic E-state index is 8.55. The third-order valence-corrected chi connectivity index (χ3v) is 0. The first-order valence-electron chi connectivity index (χ1n) is 2.19. The molecule has 0 saturated heterocycles. The van der Waals surface area contributed by atoms with Crippen LogP contribution in [0.15, 0.2) is 0 Å². The maximum Gasteiger partial charge on any atom is 3.00 e. The molecule has 0 aromatic heterocycles. The van der Waals surface area contributed by atoms with E-state index in [2.05, 4.69) is 0 Å². The van der Waals surface area contributed by atoms with Crippen molar-refractivity contribution < 1.29 is 180 Å². The fraction of sp³-hybridized carbons (Fsp3) is 0. The molecule has 0 spiro atoms. The molecule has 3 radical (unpaired) electrons. The van der Waals surface area contributed by atoms with Gasteiger partial charge in [-0.2, -0.15) is 23.5 Å². The van der Waals surface area contributed by atoms with E-state index in [9.17, 15) is 0 Å². The molecule has 0 unspecified atom stereocenters. The molecule has 99 valence electrons. The van der Waals surface area contributed by atoms with Crippen molar-refractivity contribution in [1.82, 2.24) is 0 Å². The first-order chi connectivity index (χ1) is 6.00. The van der Waals surface area contributed by atoms with E-state index in [4.69, 9.17) is 57.7 Å². The van der Waals surface area contributed by atoms with Gasteiger partial charge in [0.15, 0.2) is 0 Å². The molecule has 0 aromatic carbocycles. The van der Waals surface area contributed by atoms with Gasteiger partial charge in [0, 0.05) is 0 Å². The van der Waals surface area contributed by atoms with Crippen LogP contribution in [0.3, 0.4) is 0 Å². The first-order valence-corrected chi connectivity index (χ1v) is 6.57. The van der Waals surface area contributed by atoms with Gasteiger partial charge in [0.25, 0.3) is 0 Å². The fourth-order valence-corrected chi connectivity index (χ4v) is 0. The van der Waals surface area contributed by atoms with Gasteiger partial charge >= 0.3 is 123 Å². The average molecular weight is 718 g/mol. The van der Waals surface area contributed by atoms with Crippen LogP contribution in [-0.2, 0) is 13.7 Å². The van der Waals surface area contributed by atoms with Gasteiger partial charge in [-0.25, -0.2) is 0 Å². The molecule has 0 atom stereocenters. The first kappa shape index (κ1) is 38.1. The summed E-state index contributed by atoms with van der Waals surface area (Å²) in [6.45, 7) is 0. The minimum Gasteiger partial charge on any atom is -0.822 e. The smallest absolute Gasteiger partial charge is 0.822 e. The maximum absolute atomic E-state index is 8.55. The number of rotatable bonds is 0. The van der Waals surface area contributed by atoms with Crippen LogP contribution in [0.25, 0.3) is 0 Å². The summed E-state index contributed by atoms with van der Waals surface area (Å²) in [6.07, 6.45) is 0. The van der Waals surface area contributed by atoms with Crippen molar-refractivity contribution >= 4 is 23.5 Å². The van der Waals surface area contributed by atoms with Crippen molar-refractivity contribution in [3.8, 4) is 0 Å². The van der Waals surface area contributed by atoms with E-state index in [-0.39, 0.29) is 123 Å². The second-order valence-corrected chi connectivity index (χ2v) is 4.02. The van der Waals surface area contributed by atoms with E-state index < -0.39 is 23.5 Å². The monoisotopic (exact) mass is 711 g/mol. The van der Waals surface area contributed by atoms with Gasteiger partial charge in [-0.15, -0.1) is 0 Å². The number of phosphoric acid groups is 3. The quantitative estimate of drug-likeness (QED) is 0.212. The Morgan fingerprint density at radius 3 is 0.389 bits per heavy atom. The van der Waals surface area contributed by atoms with Crippen LogP contribution in [0.5, 0.6) is 0 Å². The second kappa shape index (κ2) is 17.7. The molecule has 0 rings (SSSR count). The Labute approximate surface area is 199 Å². The predicted octanol–water partition coefficient (Wildman–Crippen LogP) is -8.47. The van der Waals surface area contributed by atoms with Crippen molar-refractivity contribution in [2.75, 3.05) is 0 Å². The number of hydrogen-bond acceptors (Lipinski definition) is 12. The predicted molar refractivity (Wildman–Crippen MR) is 22.8 cm³/mol. The molecule has 0 bridgehead atoms. The topological polar surface area (TPSA) is 259 Å². The van der Waals surface area contributed by atoms with Gasteiger partial charge < -0.3 is 57.7 Å². The number of hydrogen-bond donors (Lipinski definition) is 0. The van der Waals surface area contributed by atoms with E-state index in [0.29, 0.717) is 0 Å². The SMILES string of the molecule is O=P([O-])([O-])[O-].O=P([O-])([O-])[O-].O=P([O-])([O-])[O-].[Nd+3].[Nd+3].[Nd+3]. The zero-order valence-electron chi connectivity index (χ0n) is 7.74. The Morgan fingerprint density at radius 2 is 0.389 bits per heavy atom. The molecule has 0 heterocycles. The summed E-state index contributed by atoms with van der Waals surface area (Å²) in [5.41, 5.74) is 0. The summed E-state index contributed by atoms with van der Waals surface area (Å²) in [4.78, 5) is 76.9. The van der Waals surface area contributed by atoms with Gasteiger partial charge in [-0.05, 0) is 0 Å². The summed E-state index contributed by atoms with van der Waals surface area (Å²) in [7, 11) is -16.2. The van der Waals surface area contributed by atoms with Crippen LogP contribution in [0.1, 0.15) is 0 Å². The summed E-state index contributed by atoms with van der Waals surface area (Å²) < 4.78 is 25.6. The van der Waals surface area contributed by atoms with E-state index in [1.807, 2.05) is 0 Å². The van der Waals surface area contributed by atoms with Crippen molar-refractivity contribution in [2.45, 2.75) is 0 Å². The van der Waals surface area contributed by atoms with Crippen LogP contribution in [-0.4, -0.2) is 0 Å². The molecule has 0 fully saturated rings.